The standard InChI is InChI=1S/C17H30INO3/c1-11(19-6)17(5,18)14(20)22-10-21-13-15(2,3)12-7-8-16(13,4)9-12/h11-13,19H,7-10H2,1-6H3. The maximum atomic E-state index is 12.3. The largest absolute Gasteiger partial charge is 0.437 e. The van der Waals surface area contributed by atoms with E-state index in [-0.39, 0.29) is 35.7 Å². The van der Waals surface area contributed by atoms with Crippen molar-refractivity contribution in [2.24, 2.45) is 16.7 Å². The summed E-state index contributed by atoms with van der Waals surface area (Å²) in [6.07, 6.45) is 3.93. The summed E-state index contributed by atoms with van der Waals surface area (Å²) in [6.45, 7) is 10.8. The summed E-state index contributed by atoms with van der Waals surface area (Å²) in [5.41, 5.74) is 0.414. The van der Waals surface area contributed by atoms with Gasteiger partial charge in [-0.3, -0.25) is 4.79 Å². The van der Waals surface area contributed by atoms with E-state index in [1.807, 2.05) is 20.9 Å². The highest BCUT2D eigenvalue weighted by molar-refractivity contribution is 14.1. The van der Waals surface area contributed by atoms with Crippen molar-refractivity contribution in [1.29, 1.82) is 0 Å². The molecule has 2 aliphatic rings. The zero-order chi connectivity index (χ0) is 16.8. The molecule has 0 spiro atoms. The molecule has 2 saturated carbocycles. The van der Waals surface area contributed by atoms with Crippen LogP contribution in [0.3, 0.4) is 0 Å². The van der Waals surface area contributed by atoms with Crippen LogP contribution in [0.1, 0.15) is 53.9 Å². The fourth-order valence-electron chi connectivity index (χ4n) is 4.42. The Hall–Kier alpha value is 0.120. The molecule has 0 aromatic rings. The molecule has 0 amide bonds. The molecule has 4 nitrogen and oxygen atoms in total. The lowest BCUT2D eigenvalue weighted by atomic mass is 9.70. The van der Waals surface area contributed by atoms with Gasteiger partial charge in [-0.1, -0.05) is 43.4 Å². The number of ether oxygens (including phenoxy) is 2. The van der Waals surface area contributed by atoms with Crippen molar-refractivity contribution in [2.45, 2.75) is 69.4 Å². The first-order valence-electron chi connectivity index (χ1n) is 8.20. The molecular formula is C17H30INO3. The third-order valence-electron chi connectivity index (χ3n) is 6.21. The SMILES string of the molecule is CNC(C)C(C)(I)C(=O)OCOC1C2(C)CCC(C2)C1(C)C. The van der Waals surface area contributed by atoms with Crippen molar-refractivity contribution >= 4 is 28.6 Å². The van der Waals surface area contributed by atoms with Crippen LogP contribution < -0.4 is 5.32 Å². The fourth-order valence-corrected chi connectivity index (χ4v) is 4.88. The summed E-state index contributed by atoms with van der Waals surface area (Å²) in [5, 5.41) is 3.11. The van der Waals surface area contributed by atoms with Gasteiger partial charge in [-0.25, -0.2) is 0 Å². The molecule has 2 fully saturated rings. The van der Waals surface area contributed by atoms with Gasteiger partial charge in [-0.05, 0) is 56.9 Å². The third kappa shape index (κ3) is 3.05. The number of hydrogen-bond donors (Lipinski definition) is 1. The third-order valence-corrected chi connectivity index (χ3v) is 7.58. The van der Waals surface area contributed by atoms with Gasteiger partial charge in [-0.15, -0.1) is 0 Å². The predicted octanol–water partition coefficient (Wildman–Crippen LogP) is 3.52. The lowest BCUT2D eigenvalue weighted by molar-refractivity contribution is -0.181. The Bertz CT molecular complexity index is 433. The minimum absolute atomic E-state index is 0.0389. The van der Waals surface area contributed by atoms with Gasteiger partial charge < -0.3 is 14.8 Å². The minimum atomic E-state index is -0.593. The number of carbonyl (C=O) groups excluding carboxylic acids is 1. The molecule has 0 saturated heterocycles. The lowest BCUT2D eigenvalue weighted by Gasteiger charge is -2.42. The first kappa shape index (κ1) is 18.5. The smallest absolute Gasteiger partial charge is 0.325 e. The fraction of sp³-hybridized carbons (Fsp3) is 0.941. The normalized spacial score (nSPS) is 36.9. The molecule has 5 atom stereocenters. The molecule has 5 heteroatoms. The predicted molar refractivity (Wildman–Crippen MR) is 96.0 cm³/mol. The molecule has 1 N–H and O–H groups in total. The lowest BCUT2D eigenvalue weighted by Crippen LogP contribution is -2.48. The number of hydrogen-bond acceptors (Lipinski definition) is 4. The Labute approximate surface area is 148 Å². The molecule has 0 aromatic carbocycles. The van der Waals surface area contributed by atoms with Gasteiger partial charge in [0.05, 0.1) is 6.10 Å². The summed E-state index contributed by atoms with van der Waals surface area (Å²) < 4.78 is 10.9. The monoisotopic (exact) mass is 423 g/mol. The minimum Gasteiger partial charge on any atom is -0.437 e. The van der Waals surface area contributed by atoms with Crippen LogP contribution in [-0.2, 0) is 14.3 Å². The van der Waals surface area contributed by atoms with Gasteiger partial charge in [0.2, 0.25) is 0 Å². The van der Waals surface area contributed by atoms with Crippen LogP contribution in [0.4, 0.5) is 0 Å². The van der Waals surface area contributed by atoms with Crippen molar-refractivity contribution in [1.82, 2.24) is 5.32 Å². The van der Waals surface area contributed by atoms with Gasteiger partial charge in [0.25, 0.3) is 0 Å². The molecule has 2 rings (SSSR count). The van der Waals surface area contributed by atoms with E-state index in [0.29, 0.717) is 0 Å². The Morgan fingerprint density at radius 2 is 2.09 bits per heavy atom. The molecule has 5 unspecified atom stereocenters. The highest BCUT2D eigenvalue weighted by Crippen LogP contribution is 2.63. The average Bonchev–Trinajstić information content (AvgIpc) is 2.92. The van der Waals surface area contributed by atoms with Crippen molar-refractivity contribution < 1.29 is 14.3 Å². The second-order valence-corrected chi connectivity index (χ2v) is 10.3. The first-order valence-corrected chi connectivity index (χ1v) is 9.28. The molecule has 2 aliphatic carbocycles. The van der Waals surface area contributed by atoms with Crippen LogP contribution in [0.15, 0.2) is 0 Å². The van der Waals surface area contributed by atoms with Gasteiger partial charge in [0.1, 0.15) is 3.42 Å². The molecule has 0 heterocycles. The Kier molecular flexibility index (Phi) is 5.21. The highest BCUT2D eigenvalue weighted by atomic mass is 127. The van der Waals surface area contributed by atoms with Crippen molar-refractivity contribution in [2.75, 3.05) is 13.8 Å². The maximum absolute atomic E-state index is 12.3. The first-order chi connectivity index (χ1) is 10.1. The molecule has 0 aliphatic heterocycles. The second kappa shape index (κ2) is 6.20. The van der Waals surface area contributed by atoms with E-state index in [4.69, 9.17) is 9.47 Å². The Balaban J connectivity index is 1.90. The molecular weight excluding hydrogens is 393 g/mol. The highest BCUT2D eigenvalue weighted by Gasteiger charge is 2.60. The van der Waals surface area contributed by atoms with Crippen LogP contribution in [0.25, 0.3) is 0 Å². The van der Waals surface area contributed by atoms with Crippen LogP contribution in [-0.4, -0.2) is 35.4 Å². The van der Waals surface area contributed by atoms with E-state index in [9.17, 15) is 4.79 Å². The number of fused-ring (bicyclic) bond motifs is 2. The number of carbonyl (C=O) groups is 1. The van der Waals surface area contributed by atoms with Gasteiger partial charge in [-0.2, -0.15) is 0 Å². The van der Waals surface area contributed by atoms with Crippen molar-refractivity contribution in [3.8, 4) is 0 Å². The van der Waals surface area contributed by atoms with Crippen LogP contribution in [0.2, 0.25) is 0 Å². The van der Waals surface area contributed by atoms with E-state index in [1.165, 1.54) is 19.3 Å². The van der Waals surface area contributed by atoms with E-state index in [1.54, 1.807) is 0 Å². The maximum Gasteiger partial charge on any atom is 0.325 e. The van der Waals surface area contributed by atoms with E-state index in [0.717, 1.165) is 5.92 Å². The number of halogens is 1. The molecule has 2 bridgehead atoms. The summed E-state index contributed by atoms with van der Waals surface area (Å²) in [6, 6.07) is 0.0389. The Morgan fingerprint density at radius 1 is 1.45 bits per heavy atom. The van der Waals surface area contributed by atoms with E-state index >= 15 is 0 Å². The molecule has 22 heavy (non-hydrogen) atoms. The van der Waals surface area contributed by atoms with Crippen molar-refractivity contribution in [3.63, 3.8) is 0 Å². The zero-order valence-electron chi connectivity index (χ0n) is 14.7. The van der Waals surface area contributed by atoms with Crippen LogP contribution in [0, 0.1) is 16.7 Å². The van der Waals surface area contributed by atoms with Gasteiger partial charge in [0, 0.05) is 6.04 Å². The second-order valence-electron chi connectivity index (χ2n) is 8.10. The number of alkyl halides is 1. The Morgan fingerprint density at radius 3 is 2.59 bits per heavy atom. The van der Waals surface area contributed by atoms with E-state index < -0.39 is 3.42 Å². The zero-order valence-corrected chi connectivity index (χ0v) is 16.8. The van der Waals surface area contributed by atoms with Crippen LogP contribution >= 0.6 is 22.6 Å². The summed E-state index contributed by atoms with van der Waals surface area (Å²) in [5.74, 6) is 0.512. The molecule has 128 valence electrons. The molecule has 0 aromatic heterocycles. The van der Waals surface area contributed by atoms with Gasteiger partial charge >= 0.3 is 5.97 Å². The summed E-state index contributed by atoms with van der Waals surface area (Å²) >= 11 is 2.15. The number of rotatable bonds is 6. The number of esters is 1. The average molecular weight is 423 g/mol. The number of nitrogens with one attached hydrogen (secondary N) is 1. The summed E-state index contributed by atoms with van der Waals surface area (Å²) in [7, 11) is 1.85. The van der Waals surface area contributed by atoms with E-state index in [2.05, 4.69) is 48.7 Å². The van der Waals surface area contributed by atoms with Crippen LogP contribution in [0.5, 0.6) is 0 Å². The topological polar surface area (TPSA) is 47.6 Å². The summed E-state index contributed by atoms with van der Waals surface area (Å²) in [4.78, 5) is 12.3. The quantitative estimate of drug-likeness (QED) is 0.308. The van der Waals surface area contributed by atoms with Gasteiger partial charge in [0.15, 0.2) is 6.79 Å². The molecule has 0 radical (unpaired) electrons. The van der Waals surface area contributed by atoms with Crippen molar-refractivity contribution in [3.05, 3.63) is 0 Å².